The lowest BCUT2D eigenvalue weighted by molar-refractivity contribution is 0.0697. The molecule has 0 aliphatic carbocycles. The van der Waals surface area contributed by atoms with E-state index < -0.39 is 5.97 Å². The number of aryl methyl sites for hydroxylation is 2. The Morgan fingerprint density at radius 2 is 1.96 bits per heavy atom. The topological polar surface area (TPSA) is 55.1 Å². The first kappa shape index (κ1) is 19.4. The van der Waals surface area contributed by atoms with E-state index in [0.29, 0.717) is 6.54 Å². The fourth-order valence-electron chi connectivity index (χ4n) is 3.38. The molecule has 4 nitrogen and oxygen atoms in total. The number of hydrogen-bond acceptors (Lipinski definition) is 2. The number of carboxylic acid groups (broad SMARTS) is 1. The molecule has 0 aliphatic rings. The van der Waals surface area contributed by atoms with Crippen LogP contribution in [0.5, 0.6) is 0 Å². The number of carboxylic acids is 1. The molecule has 0 fully saturated rings. The summed E-state index contributed by atoms with van der Waals surface area (Å²) in [6.45, 7) is 4.71. The zero-order valence-electron chi connectivity index (χ0n) is 15.8. The molecule has 142 valence electrons. The van der Waals surface area contributed by atoms with E-state index >= 15 is 0 Å². The van der Waals surface area contributed by atoms with Crippen LogP contribution in [-0.4, -0.2) is 20.6 Å². The van der Waals surface area contributed by atoms with E-state index in [1.807, 2.05) is 11.5 Å². The van der Waals surface area contributed by atoms with E-state index in [9.17, 15) is 9.90 Å². The second kappa shape index (κ2) is 8.57. The predicted molar refractivity (Wildman–Crippen MR) is 110 cm³/mol. The summed E-state index contributed by atoms with van der Waals surface area (Å²) in [5.74, 6) is -0.0972. The van der Waals surface area contributed by atoms with Crippen molar-refractivity contribution in [2.45, 2.75) is 52.5 Å². The Bertz CT molecular complexity index is 962. The van der Waals surface area contributed by atoms with Crippen LogP contribution in [-0.2, 0) is 13.0 Å². The summed E-state index contributed by atoms with van der Waals surface area (Å²) in [4.78, 5) is 15.8. The number of hydrogen-bond donors (Lipinski definition) is 1. The fraction of sp³-hybridized carbons (Fsp3) is 0.364. The molecule has 0 radical (unpaired) electrons. The van der Waals surface area contributed by atoms with Gasteiger partial charge in [0.05, 0.1) is 23.1 Å². The maximum Gasteiger partial charge on any atom is 0.335 e. The van der Waals surface area contributed by atoms with Gasteiger partial charge in [-0.1, -0.05) is 49.9 Å². The van der Waals surface area contributed by atoms with Crippen LogP contribution in [0, 0.1) is 6.92 Å². The van der Waals surface area contributed by atoms with Crippen molar-refractivity contribution in [1.82, 2.24) is 9.55 Å². The average molecular weight is 385 g/mol. The van der Waals surface area contributed by atoms with Gasteiger partial charge in [-0.05, 0) is 55.2 Å². The van der Waals surface area contributed by atoms with Crippen molar-refractivity contribution in [1.29, 1.82) is 0 Å². The van der Waals surface area contributed by atoms with Gasteiger partial charge in [-0.2, -0.15) is 0 Å². The molecule has 0 aliphatic heterocycles. The highest BCUT2D eigenvalue weighted by Gasteiger charge is 2.13. The Labute approximate surface area is 164 Å². The average Bonchev–Trinajstić information content (AvgIpc) is 2.95. The molecule has 0 atom stereocenters. The second-order valence-electron chi connectivity index (χ2n) is 6.99. The van der Waals surface area contributed by atoms with Gasteiger partial charge in [0.25, 0.3) is 0 Å². The van der Waals surface area contributed by atoms with E-state index in [-0.39, 0.29) is 5.56 Å². The van der Waals surface area contributed by atoms with Crippen LogP contribution >= 0.6 is 11.6 Å². The zero-order valence-corrected chi connectivity index (χ0v) is 16.6. The van der Waals surface area contributed by atoms with Gasteiger partial charge in [-0.15, -0.1) is 0 Å². The van der Waals surface area contributed by atoms with Gasteiger partial charge < -0.3 is 9.67 Å². The summed E-state index contributed by atoms with van der Waals surface area (Å²) < 4.78 is 2.02. The van der Waals surface area contributed by atoms with E-state index in [1.54, 1.807) is 18.2 Å². The first-order valence-electron chi connectivity index (χ1n) is 9.47. The SMILES string of the molecule is CCCCCCc1ccc(Cn2c(C)nc3ccc(C(=O)O)cc32)c(Cl)c1. The monoisotopic (exact) mass is 384 g/mol. The van der Waals surface area contributed by atoms with E-state index in [1.165, 1.54) is 31.2 Å². The van der Waals surface area contributed by atoms with Crippen LogP contribution in [0.2, 0.25) is 5.02 Å². The minimum atomic E-state index is -0.937. The van der Waals surface area contributed by atoms with Gasteiger partial charge in [0.1, 0.15) is 5.82 Å². The molecule has 1 heterocycles. The van der Waals surface area contributed by atoms with Crippen molar-refractivity contribution in [3.63, 3.8) is 0 Å². The third-order valence-corrected chi connectivity index (χ3v) is 5.30. The van der Waals surface area contributed by atoms with Crippen molar-refractivity contribution in [2.75, 3.05) is 0 Å². The summed E-state index contributed by atoms with van der Waals surface area (Å²) in [6, 6.07) is 11.3. The summed E-state index contributed by atoms with van der Waals surface area (Å²) >= 11 is 6.54. The van der Waals surface area contributed by atoms with Gasteiger partial charge in [-0.3, -0.25) is 0 Å². The Morgan fingerprint density at radius 3 is 2.67 bits per heavy atom. The summed E-state index contributed by atoms with van der Waals surface area (Å²) in [5, 5.41) is 10.0. The molecule has 0 bridgehead atoms. The maximum atomic E-state index is 11.3. The van der Waals surface area contributed by atoms with Crippen LogP contribution in [0.4, 0.5) is 0 Å². The van der Waals surface area contributed by atoms with E-state index in [4.69, 9.17) is 11.6 Å². The summed E-state index contributed by atoms with van der Waals surface area (Å²) in [5.41, 5.74) is 4.14. The quantitative estimate of drug-likeness (QED) is 0.494. The Balaban J connectivity index is 1.83. The molecular weight excluding hydrogens is 360 g/mol. The minimum absolute atomic E-state index is 0.261. The van der Waals surface area contributed by atoms with E-state index in [2.05, 4.69) is 30.1 Å². The molecule has 27 heavy (non-hydrogen) atoms. The number of benzene rings is 2. The number of aromatic carboxylic acids is 1. The molecular formula is C22H25ClN2O2. The highest BCUT2D eigenvalue weighted by atomic mass is 35.5. The fourth-order valence-corrected chi connectivity index (χ4v) is 3.64. The van der Waals surface area contributed by atoms with Crippen LogP contribution in [0.1, 0.15) is 59.9 Å². The normalized spacial score (nSPS) is 11.2. The van der Waals surface area contributed by atoms with Crippen LogP contribution in [0.3, 0.4) is 0 Å². The number of rotatable bonds is 8. The first-order chi connectivity index (χ1) is 13.0. The minimum Gasteiger partial charge on any atom is -0.478 e. The molecule has 0 amide bonds. The molecule has 5 heteroatoms. The molecule has 0 saturated heterocycles. The van der Waals surface area contributed by atoms with Gasteiger partial charge in [0, 0.05) is 5.02 Å². The number of carbonyl (C=O) groups is 1. The van der Waals surface area contributed by atoms with Crippen LogP contribution < -0.4 is 0 Å². The molecule has 3 aromatic rings. The molecule has 2 aromatic carbocycles. The Hall–Kier alpha value is -2.33. The third kappa shape index (κ3) is 4.51. The van der Waals surface area contributed by atoms with Crippen molar-refractivity contribution in [3.05, 3.63) is 63.9 Å². The molecule has 0 spiro atoms. The van der Waals surface area contributed by atoms with Crippen LogP contribution in [0.15, 0.2) is 36.4 Å². The molecule has 1 aromatic heterocycles. The lowest BCUT2D eigenvalue weighted by Crippen LogP contribution is -2.04. The molecule has 1 N–H and O–H groups in total. The molecule has 0 unspecified atom stereocenters. The Kier molecular flexibility index (Phi) is 6.17. The maximum absolute atomic E-state index is 11.3. The molecule has 0 saturated carbocycles. The number of fused-ring (bicyclic) bond motifs is 1. The second-order valence-corrected chi connectivity index (χ2v) is 7.40. The lowest BCUT2D eigenvalue weighted by Gasteiger charge is -2.11. The summed E-state index contributed by atoms with van der Waals surface area (Å²) in [7, 11) is 0. The van der Waals surface area contributed by atoms with Crippen LogP contribution in [0.25, 0.3) is 11.0 Å². The van der Waals surface area contributed by atoms with Crippen molar-refractivity contribution in [3.8, 4) is 0 Å². The smallest absolute Gasteiger partial charge is 0.335 e. The Morgan fingerprint density at radius 1 is 1.15 bits per heavy atom. The van der Waals surface area contributed by atoms with E-state index in [0.717, 1.165) is 33.9 Å². The highest BCUT2D eigenvalue weighted by Crippen LogP contribution is 2.24. The summed E-state index contributed by atoms with van der Waals surface area (Å²) in [6.07, 6.45) is 6.00. The number of aromatic nitrogens is 2. The molecule has 3 rings (SSSR count). The third-order valence-electron chi connectivity index (χ3n) is 4.95. The van der Waals surface area contributed by atoms with Crippen molar-refractivity contribution >= 4 is 28.6 Å². The number of unbranched alkanes of at least 4 members (excludes halogenated alkanes) is 3. The lowest BCUT2D eigenvalue weighted by atomic mass is 10.0. The highest BCUT2D eigenvalue weighted by molar-refractivity contribution is 6.31. The number of imidazole rings is 1. The number of halogens is 1. The van der Waals surface area contributed by atoms with Crippen molar-refractivity contribution < 1.29 is 9.90 Å². The predicted octanol–water partition coefficient (Wildman–Crippen LogP) is 5.87. The largest absolute Gasteiger partial charge is 0.478 e. The van der Waals surface area contributed by atoms with Gasteiger partial charge in [0.15, 0.2) is 0 Å². The van der Waals surface area contributed by atoms with Gasteiger partial charge in [0.2, 0.25) is 0 Å². The standard InChI is InChI=1S/C22H25ClN2O2/c1-3-4-5-6-7-16-8-9-18(19(23)12-16)14-25-15(2)24-20-11-10-17(22(26)27)13-21(20)25/h8-13H,3-7,14H2,1-2H3,(H,26,27). The van der Waals surface area contributed by atoms with Gasteiger partial charge in [-0.25, -0.2) is 9.78 Å². The van der Waals surface area contributed by atoms with Gasteiger partial charge >= 0.3 is 5.97 Å². The zero-order chi connectivity index (χ0) is 19.4. The van der Waals surface area contributed by atoms with Crippen molar-refractivity contribution in [2.24, 2.45) is 0 Å². The first-order valence-corrected chi connectivity index (χ1v) is 9.85. The number of nitrogens with zero attached hydrogens (tertiary/aromatic N) is 2.